The summed E-state index contributed by atoms with van der Waals surface area (Å²) in [5.41, 5.74) is 5.99. The van der Waals surface area contributed by atoms with Crippen molar-refractivity contribution in [3.8, 4) is 0 Å². The fraction of sp³-hybridized carbons (Fsp3) is 1.00. The van der Waals surface area contributed by atoms with Crippen LogP contribution in [-0.4, -0.2) is 30.6 Å². The van der Waals surface area contributed by atoms with Gasteiger partial charge in [-0.2, -0.15) is 0 Å². The van der Waals surface area contributed by atoms with Crippen LogP contribution in [0.2, 0.25) is 0 Å². The summed E-state index contributed by atoms with van der Waals surface area (Å²) in [6.07, 6.45) is 31.4. The van der Waals surface area contributed by atoms with Gasteiger partial charge in [0.2, 0.25) is 0 Å². The van der Waals surface area contributed by atoms with Crippen molar-refractivity contribution in [1.82, 2.24) is 4.90 Å². The van der Waals surface area contributed by atoms with Crippen molar-refractivity contribution in [2.24, 2.45) is 5.73 Å². The number of hydrogen-bond donors (Lipinski definition) is 1. The molecule has 0 bridgehead atoms. The minimum atomic E-state index is 0.547. The van der Waals surface area contributed by atoms with Gasteiger partial charge in [0.05, 0.1) is 0 Å². The number of rotatable bonds is 26. The van der Waals surface area contributed by atoms with E-state index in [1.54, 1.807) is 0 Å². The summed E-state index contributed by atoms with van der Waals surface area (Å²) in [5, 5.41) is 0. The van der Waals surface area contributed by atoms with Gasteiger partial charge in [0, 0.05) is 12.6 Å². The second-order valence-electron chi connectivity index (χ2n) is 10.2. The molecule has 1 unspecified atom stereocenters. The third-order valence-corrected chi connectivity index (χ3v) is 7.06. The molecular formula is C29H62N2. The highest BCUT2D eigenvalue weighted by atomic mass is 15.2. The minimum Gasteiger partial charge on any atom is -0.329 e. The Balaban J connectivity index is 3.55. The average molecular weight is 439 g/mol. The van der Waals surface area contributed by atoms with Gasteiger partial charge < -0.3 is 5.73 Å². The van der Waals surface area contributed by atoms with Gasteiger partial charge in [-0.3, -0.25) is 4.90 Å². The van der Waals surface area contributed by atoms with E-state index in [9.17, 15) is 0 Å². The molecule has 0 aromatic carbocycles. The molecule has 0 aliphatic heterocycles. The lowest BCUT2D eigenvalue weighted by Crippen LogP contribution is -2.39. The molecule has 0 heterocycles. The fourth-order valence-electron chi connectivity index (χ4n) is 4.66. The molecular weight excluding hydrogens is 376 g/mol. The Bertz CT molecular complexity index is 318. The van der Waals surface area contributed by atoms with Crippen LogP contribution in [0, 0.1) is 0 Å². The Hall–Kier alpha value is -0.0800. The predicted octanol–water partition coefficient (Wildman–Crippen LogP) is 9.26. The first-order valence-corrected chi connectivity index (χ1v) is 14.7. The third kappa shape index (κ3) is 22.9. The van der Waals surface area contributed by atoms with Crippen LogP contribution in [0.25, 0.3) is 0 Å². The Kier molecular flexibility index (Phi) is 26.1. The van der Waals surface area contributed by atoms with E-state index in [1.165, 1.54) is 154 Å². The first kappa shape index (κ1) is 30.9. The molecule has 0 radical (unpaired) electrons. The van der Waals surface area contributed by atoms with E-state index in [1.807, 2.05) is 0 Å². The summed E-state index contributed by atoms with van der Waals surface area (Å²) < 4.78 is 0. The molecule has 2 N–H and O–H groups in total. The average Bonchev–Trinajstić information content (AvgIpc) is 2.79. The zero-order chi connectivity index (χ0) is 22.8. The topological polar surface area (TPSA) is 29.3 Å². The maximum absolute atomic E-state index is 5.99. The van der Waals surface area contributed by atoms with Crippen molar-refractivity contribution >= 4 is 0 Å². The summed E-state index contributed by atoms with van der Waals surface area (Å²) >= 11 is 0. The molecule has 0 aliphatic carbocycles. The van der Waals surface area contributed by atoms with Gasteiger partial charge in [-0.15, -0.1) is 0 Å². The summed E-state index contributed by atoms with van der Waals surface area (Å²) in [4.78, 5) is 2.67. The molecule has 0 spiro atoms. The molecule has 0 aliphatic rings. The number of nitrogens with two attached hydrogens (primary N) is 1. The van der Waals surface area contributed by atoms with Crippen LogP contribution in [0.3, 0.4) is 0 Å². The normalized spacial score (nSPS) is 12.7. The highest BCUT2D eigenvalue weighted by Gasteiger charge is 2.11. The fourth-order valence-corrected chi connectivity index (χ4v) is 4.66. The van der Waals surface area contributed by atoms with E-state index in [2.05, 4.69) is 25.7 Å². The number of unbranched alkanes of at least 4 members (excludes halogenated alkanes) is 20. The molecule has 2 nitrogen and oxygen atoms in total. The highest BCUT2D eigenvalue weighted by molar-refractivity contribution is 4.68. The zero-order valence-electron chi connectivity index (χ0n) is 22.3. The maximum Gasteiger partial charge on any atom is 0.0190 e. The summed E-state index contributed by atoms with van der Waals surface area (Å²) in [7, 11) is 0. The van der Waals surface area contributed by atoms with Crippen molar-refractivity contribution in [3.63, 3.8) is 0 Å². The van der Waals surface area contributed by atoms with Crippen LogP contribution in [0.4, 0.5) is 0 Å². The van der Waals surface area contributed by atoms with Crippen LogP contribution in [0.1, 0.15) is 162 Å². The van der Waals surface area contributed by atoms with Gasteiger partial charge in [0.25, 0.3) is 0 Å². The Labute approximate surface area is 198 Å². The largest absolute Gasteiger partial charge is 0.329 e. The lowest BCUT2D eigenvalue weighted by Gasteiger charge is -2.28. The molecule has 0 saturated carbocycles. The van der Waals surface area contributed by atoms with Gasteiger partial charge in [0.15, 0.2) is 0 Å². The third-order valence-electron chi connectivity index (χ3n) is 7.06. The molecule has 31 heavy (non-hydrogen) atoms. The van der Waals surface area contributed by atoms with Crippen molar-refractivity contribution in [2.75, 3.05) is 19.6 Å². The van der Waals surface area contributed by atoms with E-state index in [4.69, 9.17) is 5.73 Å². The first-order valence-electron chi connectivity index (χ1n) is 14.7. The number of hydrogen-bond acceptors (Lipinski definition) is 2. The second kappa shape index (κ2) is 26.2. The Morgan fingerprint density at radius 2 is 0.710 bits per heavy atom. The summed E-state index contributed by atoms with van der Waals surface area (Å²) in [5.74, 6) is 0. The summed E-state index contributed by atoms with van der Waals surface area (Å²) in [6.45, 7) is 10.2. The monoisotopic (exact) mass is 438 g/mol. The van der Waals surface area contributed by atoms with E-state index in [-0.39, 0.29) is 0 Å². The Morgan fingerprint density at radius 1 is 0.452 bits per heavy atom. The van der Waals surface area contributed by atoms with Crippen molar-refractivity contribution < 1.29 is 0 Å². The van der Waals surface area contributed by atoms with E-state index in [0.29, 0.717) is 6.04 Å². The molecule has 0 aromatic heterocycles. The molecule has 0 aromatic rings. The standard InChI is InChI=1S/C29H62N2/c1-4-6-8-10-12-14-16-17-19-21-23-25-27-31(29(3)28-30)26-24-22-20-18-15-13-11-9-7-5-2/h29H,4-28,30H2,1-3H3. The quantitative estimate of drug-likeness (QED) is 0.136. The van der Waals surface area contributed by atoms with Crippen LogP contribution in [0.5, 0.6) is 0 Å². The van der Waals surface area contributed by atoms with E-state index < -0.39 is 0 Å². The molecule has 0 fully saturated rings. The molecule has 0 saturated heterocycles. The van der Waals surface area contributed by atoms with Crippen molar-refractivity contribution in [1.29, 1.82) is 0 Å². The van der Waals surface area contributed by atoms with Crippen LogP contribution in [-0.2, 0) is 0 Å². The molecule has 188 valence electrons. The molecule has 0 amide bonds. The van der Waals surface area contributed by atoms with Gasteiger partial charge in [-0.05, 0) is 32.9 Å². The first-order chi connectivity index (χ1) is 15.3. The van der Waals surface area contributed by atoms with Gasteiger partial charge in [-0.25, -0.2) is 0 Å². The highest BCUT2D eigenvalue weighted by Crippen LogP contribution is 2.14. The van der Waals surface area contributed by atoms with E-state index >= 15 is 0 Å². The SMILES string of the molecule is CCCCCCCCCCCCCCN(CCCCCCCCCCCC)C(C)CN. The van der Waals surface area contributed by atoms with Crippen LogP contribution >= 0.6 is 0 Å². The van der Waals surface area contributed by atoms with Crippen LogP contribution in [0.15, 0.2) is 0 Å². The summed E-state index contributed by atoms with van der Waals surface area (Å²) in [6, 6.07) is 0.547. The van der Waals surface area contributed by atoms with Gasteiger partial charge >= 0.3 is 0 Å². The number of nitrogens with zero attached hydrogens (tertiary/aromatic N) is 1. The molecule has 2 heteroatoms. The molecule has 0 rings (SSSR count). The lowest BCUT2D eigenvalue weighted by molar-refractivity contribution is 0.203. The molecule has 1 atom stereocenters. The van der Waals surface area contributed by atoms with Crippen LogP contribution < -0.4 is 5.73 Å². The van der Waals surface area contributed by atoms with Gasteiger partial charge in [-0.1, -0.05) is 142 Å². The Morgan fingerprint density at radius 3 is 0.968 bits per heavy atom. The predicted molar refractivity (Wildman–Crippen MR) is 143 cm³/mol. The zero-order valence-corrected chi connectivity index (χ0v) is 22.3. The van der Waals surface area contributed by atoms with E-state index in [0.717, 1.165) is 6.54 Å². The van der Waals surface area contributed by atoms with Crippen molar-refractivity contribution in [2.45, 2.75) is 168 Å². The lowest BCUT2D eigenvalue weighted by atomic mass is 10.0. The smallest absolute Gasteiger partial charge is 0.0190 e. The maximum atomic E-state index is 5.99. The second-order valence-corrected chi connectivity index (χ2v) is 10.2. The minimum absolute atomic E-state index is 0.547. The van der Waals surface area contributed by atoms with Crippen molar-refractivity contribution in [3.05, 3.63) is 0 Å². The van der Waals surface area contributed by atoms with Gasteiger partial charge in [0.1, 0.15) is 0 Å².